The Morgan fingerprint density at radius 3 is 2.86 bits per heavy atom. The van der Waals surface area contributed by atoms with Crippen LogP contribution >= 0.6 is 0 Å². The number of hydrogen-bond donors (Lipinski definition) is 1. The summed E-state index contributed by atoms with van der Waals surface area (Å²) in [6.07, 6.45) is 9.50. The molecule has 0 spiro atoms. The molecule has 0 bridgehead atoms. The highest BCUT2D eigenvalue weighted by molar-refractivity contribution is 5.39. The van der Waals surface area contributed by atoms with Gasteiger partial charge >= 0.3 is 0 Å². The van der Waals surface area contributed by atoms with Crippen molar-refractivity contribution in [2.45, 2.75) is 70.8 Å². The van der Waals surface area contributed by atoms with Crippen LogP contribution < -0.4 is 10.5 Å². The van der Waals surface area contributed by atoms with Crippen molar-refractivity contribution in [3.63, 3.8) is 0 Å². The van der Waals surface area contributed by atoms with Crippen molar-refractivity contribution in [2.75, 3.05) is 6.61 Å². The van der Waals surface area contributed by atoms with Crippen LogP contribution in [-0.4, -0.2) is 12.1 Å². The molecule has 21 heavy (non-hydrogen) atoms. The van der Waals surface area contributed by atoms with Crippen LogP contribution in [0.5, 0.6) is 5.75 Å². The molecular formula is C19H29NO. The highest BCUT2D eigenvalue weighted by Gasteiger charge is 2.32. The van der Waals surface area contributed by atoms with Gasteiger partial charge in [-0.3, -0.25) is 0 Å². The molecule has 3 rings (SSSR count). The van der Waals surface area contributed by atoms with Crippen molar-refractivity contribution in [2.24, 2.45) is 11.1 Å². The van der Waals surface area contributed by atoms with Crippen molar-refractivity contribution in [1.82, 2.24) is 0 Å². The van der Waals surface area contributed by atoms with E-state index in [1.807, 2.05) is 0 Å². The van der Waals surface area contributed by atoms with Gasteiger partial charge in [0, 0.05) is 12.0 Å². The summed E-state index contributed by atoms with van der Waals surface area (Å²) in [4.78, 5) is 0. The van der Waals surface area contributed by atoms with Crippen LogP contribution in [0.3, 0.4) is 0 Å². The standard InChI is InChI=1S/C19H29NO/c1-18(2)8-3-9-19(20,12-11-18)10-6-15-4-5-17-16(14-15)7-13-21-17/h4-5,14H,3,6-13,20H2,1-2H3. The largest absolute Gasteiger partial charge is 0.493 e. The van der Waals surface area contributed by atoms with Gasteiger partial charge in [-0.1, -0.05) is 32.4 Å². The second kappa shape index (κ2) is 5.64. The molecule has 1 heterocycles. The van der Waals surface area contributed by atoms with Gasteiger partial charge in [0.25, 0.3) is 0 Å². The van der Waals surface area contributed by atoms with E-state index in [0.717, 1.165) is 31.6 Å². The molecule has 2 aliphatic rings. The lowest BCUT2D eigenvalue weighted by Gasteiger charge is -2.29. The Hall–Kier alpha value is -1.02. The minimum atomic E-state index is 0.0449. The predicted octanol–water partition coefficient (Wildman–Crippen LogP) is 4.24. The molecule has 1 atom stereocenters. The molecule has 1 saturated carbocycles. The fraction of sp³-hybridized carbons (Fsp3) is 0.684. The number of nitrogens with two attached hydrogens (primary N) is 1. The van der Waals surface area contributed by atoms with E-state index in [0.29, 0.717) is 5.41 Å². The van der Waals surface area contributed by atoms with Gasteiger partial charge in [0.15, 0.2) is 0 Å². The van der Waals surface area contributed by atoms with Crippen molar-refractivity contribution in [3.8, 4) is 5.75 Å². The average molecular weight is 287 g/mol. The van der Waals surface area contributed by atoms with Gasteiger partial charge < -0.3 is 10.5 Å². The Kier molecular flexibility index (Phi) is 4.00. The molecule has 116 valence electrons. The molecule has 2 N–H and O–H groups in total. The first kappa shape index (κ1) is 14.9. The lowest BCUT2D eigenvalue weighted by molar-refractivity contribution is 0.291. The van der Waals surface area contributed by atoms with E-state index in [4.69, 9.17) is 10.5 Å². The molecule has 2 heteroatoms. The number of ether oxygens (including phenoxy) is 1. The molecule has 1 fully saturated rings. The molecule has 2 nitrogen and oxygen atoms in total. The zero-order valence-corrected chi connectivity index (χ0v) is 13.6. The van der Waals surface area contributed by atoms with E-state index in [2.05, 4.69) is 32.0 Å². The van der Waals surface area contributed by atoms with E-state index >= 15 is 0 Å². The SMILES string of the molecule is CC1(C)CCCC(N)(CCc2ccc3c(c2)CCO3)CC1. The zero-order valence-electron chi connectivity index (χ0n) is 13.6. The number of aryl methyl sites for hydroxylation is 1. The fourth-order valence-electron chi connectivity index (χ4n) is 3.80. The summed E-state index contributed by atoms with van der Waals surface area (Å²) in [5.41, 5.74) is 10.0. The third-order valence-electron chi connectivity index (χ3n) is 5.49. The second-order valence-corrected chi connectivity index (χ2v) is 7.92. The third-order valence-corrected chi connectivity index (χ3v) is 5.49. The summed E-state index contributed by atoms with van der Waals surface area (Å²) in [6.45, 7) is 5.62. The van der Waals surface area contributed by atoms with Crippen molar-refractivity contribution < 1.29 is 4.74 Å². The topological polar surface area (TPSA) is 35.2 Å². The van der Waals surface area contributed by atoms with E-state index in [1.165, 1.54) is 43.2 Å². The predicted molar refractivity (Wildman–Crippen MR) is 87.7 cm³/mol. The highest BCUT2D eigenvalue weighted by Crippen LogP contribution is 2.39. The van der Waals surface area contributed by atoms with Gasteiger partial charge in [0.2, 0.25) is 0 Å². The van der Waals surface area contributed by atoms with Gasteiger partial charge in [0.1, 0.15) is 5.75 Å². The van der Waals surface area contributed by atoms with E-state index < -0.39 is 0 Å². The molecule has 0 saturated heterocycles. The van der Waals surface area contributed by atoms with Crippen LogP contribution in [0.1, 0.15) is 63.5 Å². The second-order valence-electron chi connectivity index (χ2n) is 7.92. The van der Waals surface area contributed by atoms with Crippen LogP contribution in [0.25, 0.3) is 0 Å². The Morgan fingerprint density at radius 1 is 1.14 bits per heavy atom. The minimum Gasteiger partial charge on any atom is -0.493 e. The van der Waals surface area contributed by atoms with E-state index in [-0.39, 0.29) is 5.54 Å². The maximum absolute atomic E-state index is 6.72. The lowest BCUT2D eigenvalue weighted by atomic mass is 9.82. The molecular weight excluding hydrogens is 258 g/mol. The summed E-state index contributed by atoms with van der Waals surface area (Å²) in [7, 11) is 0. The molecule has 1 aliphatic heterocycles. The number of rotatable bonds is 3. The summed E-state index contributed by atoms with van der Waals surface area (Å²) < 4.78 is 5.58. The maximum atomic E-state index is 6.72. The number of hydrogen-bond acceptors (Lipinski definition) is 2. The Balaban J connectivity index is 1.61. The lowest BCUT2D eigenvalue weighted by Crippen LogP contribution is -2.39. The maximum Gasteiger partial charge on any atom is 0.122 e. The monoisotopic (exact) mass is 287 g/mol. The number of fused-ring (bicyclic) bond motifs is 1. The fourth-order valence-corrected chi connectivity index (χ4v) is 3.80. The van der Waals surface area contributed by atoms with Gasteiger partial charge in [-0.2, -0.15) is 0 Å². The molecule has 1 aromatic carbocycles. The van der Waals surface area contributed by atoms with Crippen LogP contribution in [0.4, 0.5) is 0 Å². The molecule has 1 unspecified atom stereocenters. The van der Waals surface area contributed by atoms with Crippen molar-refractivity contribution in [3.05, 3.63) is 29.3 Å². The number of benzene rings is 1. The molecule has 1 aliphatic carbocycles. The van der Waals surface area contributed by atoms with E-state index in [1.54, 1.807) is 0 Å². The van der Waals surface area contributed by atoms with Gasteiger partial charge in [0.05, 0.1) is 6.61 Å². The first-order chi connectivity index (χ1) is 9.96. The first-order valence-corrected chi connectivity index (χ1v) is 8.49. The highest BCUT2D eigenvalue weighted by atomic mass is 16.5. The smallest absolute Gasteiger partial charge is 0.122 e. The van der Waals surface area contributed by atoms with Gasteiger partial charge in [-0.25, -0.2) is 0 Å². The van der Waals surface area contributed by atoms with Gasteiger partial charge in [-0.15, -0.1) is 0 Å². The zero-order chi connectivity index (χ0) is 14.9. The average Bonchev–Trinajstić information content (AvgIpc) is 2.85. The van der Waals surface area contributed by atoms with Crippen LogP contribution in [0.15, 0.2) is 18.2 Å². The molecule has 0 aromatic heterocycles. The quantitative estimate of drug-likeness (QED) is 0.844. The summed E-state index contributed by atoms with van der Waals surface area (Å²) in [5, 5.41) is 0. The Morgan fingerprint density at radius 2 is 2.00 bits per heavy atom. The van der Waals surface area contributed by atoms with Crippen LogP contribution in [0.2, 0.25) is 0 Å². The molecule has 0 radical (unpaired) electrons. The van der Waals surface area contributed by atoms with E-state index in [9.17, 15) is 0 Å². The summed E-state index contributed by atoms with van der Waals surface area (Å²) in [5.74, 6) is 1.08. The van der Waals surface area contributed by atoms with Crippen LogP contribution in [0, 0.1) is 5.41 Å². The molecule has 0 amide bonds. The van der Waals surface area contributed by atoms with Crippen LogP contribution in [-0.2, 0) is 12.8 Å². The summed E-state index contributed by atoms with van der Waals surface area (Å²) in [6, 6.07) is 6.68. The van der Waals surface area contributed by atoms with Crippen molar-refractivity contribution in [1.29, 1.82) is 0 Å². The first-order valence-electron chi connectivity index (χ1n) is 8.49. The van der Waals surface area contributed by atoms with Crippen molar-refractivity contribution >= 4 is 0 Å². The third kappa shape index (κ3) is 3.60. The Labute approximate surface area is 129 Å². The Bertz CT molecular complexity index is 508. The summed E-state index contributed by atoms with van der Waals surface area (Å²) >= 11 is 0. The molecule has 1 aromatic rings. The van der Waals surface area contributed by atoms with Gasteiger partial charge in [-0.05, 0) is 61.1 Å². The minimum absolute atomic E-state index is 0.0449. The normalized spacial score (nSPS) is 27.8.